The van der Waals surface area contributed by atoms with E-state index in [2.05, 4.69) is 20.7 Å². The molecule has 0 bridgehead atoms. The lowest BCUT2D eigenvalue weighted by Gasteiger charge is -2.11. The molecule has 0 aliphatic rings. The molecule has 0 atom stereocenters. The fourth-order valence-corrected chi connectivity index (χ4v) is 3.53. The van der Waals surface area contributed by atoms with Gasteiger partial charge < -0.3 is 0 Å². The van der Waals surface area contributed by atoms with Crippen LogP contribution in [0.1, 0.15) is 5.56 Å². The van der Waals surface area contributed by atoms with Crippen LogP contribution in [0, 0.1) is 6.92 Å². The zero-order valence-corrected chi connectivity index (χ0v) is 14.2. The molecule has 20 heavy (non-hydrogen) atoms. The summed E-state index contributed by atoms with van der Waals surface area (Å²) in [5, 5.41) is 0.782. The minimum Gasteiger partial charge on any atom is -0.278 e. The van der Waals surface area contributed by atoms with Crippen LogP contribution < -0.4 is 4.72 Å². The van der Waals surface area contributed by atoms with Gasteiger partial charge in [0.1, 0.15) is 0 Å². The van der Waals surface area contributed by atoms with Crippen LogP contribution in [0.2, 0.25) is 10.0 Å². The normalized spacial score (nSPS) is 11.4. The predicted molar refractivity (Wildman–Crippen MR) is 86.1 cm³/mol. The van der Waals surface area contributed by atoms with Gasteiger partial charge in [-0.3, -0.25) is 4.72 Å². The van der Waals surface area contributed by atoms with E-state index in [1.165, 1.54) is 18.2 Å². The van der Waals surface area contributed by atoms with Crippen molar-refractivity contribution >= 4 is 54.8 Å². The van der Waals surface area contributed by atoms with Gasteiger partial charge in [0.2, 0.25) is 0 Å². The number of anilines is 1. The summed E-state index contributed by atoms with van der Waals surface area (Å²) in [6.45, 7) is 1.85. The molecular weight excluding hydrogens is 385 g/mol. The first-order valence-corrected chi connectivity index (χ1v) is 8.57. The Bertz CT molecular complexity index is 763. The van der Waals surface area contributed by atoms with Gasteiger partial charge in [0.05, 0.1) is 20.6 Å². The Morgan fingerprint density at radius 1 is 1.05 bits per heavy atom. The Morgan fingerprint density at radius 3 is 2.35 bits per heavy atom. The fourth-order valence-electron chi connectivity index (χ4n) is 1.57. The number of hydrogen-bond donors (Lipinski definition) is 1. The van der Waals surface area contributed by atoms with Crippen molar-refractivity contribution < 1.29 is 8.42 Å². The highest BCUT2D eigenvalue weighted by Crippen LogP contribution is 2.28. The quantitative estimate of drug-likeness (QED) is 0.807. The second-order valence-electron chi connectivity index (χ2n) is 4.16. The highest BCUT2D eigenvalue weighted by molar-refractivity contribution is 9.10. The van der Waals surface area contributed by atoms with Crippen LogP contribution in [0.25, 0.3) is 0 Å². The Morgan fingerprint density at radius 2 is 1.70 bits per heavy atom. The van der Waals surface area contributed by atoms with Crippen molar-refractivity contribution in [2.75, 3.05) is 4.72 Å². The van der Waals surface area contributed by atoms with Crippen LogP contribution in [-0.4, -0.2) is 8.42 Å². The molecule has 1 N–H and O–H groups in total. The molecule has 0 spiro atoms. The fraction of sp³-hybridized carbons (Fsp3) is 0.0769. The van der Waals surface area contributed by atoms with Gasteiger partial charge in [0, 0.05) is 4.47 Å². The molecule has 0 amide bonds. The molecule has 0 heterocycles. The largest absolute Gasteiger partial charge is 0.278 e. The van der Waals surface area contributed by atoms with Gasteiger partial charge in [-0.05, 0) is 58.7 Å². The summed E-state index contributed by atoms with van der Waals surface area (Å²) >= 11 is 15.0. The topological polar surface area (TPSA) is 46.2 Å². The molecule has 0 aromatic heterocycles. The van der Waals surface area contributed by atoms with E-state index in [1.54, 1.807) is 18.2 Å². The minimum absolute atomic E-state index is 0.103. The second kappa shape index (κ2) is 5.93. The van der Waals surface area contributed by atoms with Crippen molar-refractivity contribution in [3.05, 3.63) is 56.5 Å². The van der Waals surface area contributed by atoms with E-state index >= 15 is 0 Å². The maximum absolute atomic E-state index is 12.3. The Kier molecular flexibility index (Phi) is 4.64. The molecule has 0 aliphatic carbocycles. The number of sulfonamides is 1. The van der Waals surface area contributed by atoms with E-state index in [0.29, 0.717) is 20.2 Å². The van der Waals surface area contributed by atoms with Crippen LogP contribution in [0.5, 0.6) is 0 Å². The summed E-state index contributed by atoms with van der Waals surface area (Å²) in [5.41, 5.74) is 1.25. The average Bonchev–Trinajstić information content (AvgIpc) is 2.36. The third-order valence-electron chi connectivity index (χ3n) is 2.57. The molecule has 7 heteroatoms. The number of nitrogens with one attached hydrogen (secondary N) is 1. The molecule has 0 unspecified atom stereocenters. The number of benzene rings is 2. The molecule has 0 saturated heterocycles. The number of rotatable bonds is 3. The van der Waals surface area contributed by atoms with E-state index < -0.39 is 10.0 Å². The van der Waals surface area contributed by atoms with Crippen molar-refractivity contribution in [1.82, 2.24) is 0 Å². The Hall–Kier alpha value is -0.750. The van der Waals surface area contributed by atoms with E-state index in [9.17, 15) is 8.42 Å². The predicted octanol–water partition coefficient (Wildman–Crippen LogP) is 4.87. The van der Waals surface area contributed by atoms with Gasteiger partial charge >= 0.3 is 0 Å². The molecule has 0 radical (unpaired) electrons. The Balaban J connectivity index is 2.40. The number of halogens is 3. The van der Waals surface area contributed by atoms with Crippen molar-refractivity contribution in [2.24, 2.45) is 0 Å². The van der Waals surface area contributed by atoms with Crippen LogP contribution in [0.3, 0.4) is 0 Å². The molecule has 0 fully saturated rings. The van der Waals surface area contributed by atoms with Gasteiger partial charge in [-0.15, -0.1) is 0 Å². The first-order chi connectivity index (χ1) is 9.29. The van der Waals surface area contributed by atoms with Crippen molar-refractivity contribution in [3.63, 3.8) is 0 Å². The molecule has 3 nitrogen and oxygen atoms in total. The van der Waals surface area contributed by atoms with E-state index in [4.69, 9.17) is 23.2 Å². The van der Waals surface area contributed by atoms with Crippen molar-refractivity contribution in [3.8, 4) is 0 Å². The van der Waals surface area contributed by atoms with Gasteiger partial charge in [-0.2, -0.15) is 0 Å². The molecule has 0 aliphatic heterocycles. The summed E-state index contributed by atoms with van der Waals surface area (Å²) < 4.78 is 27.6. The van der Waals surface area contributed by atoms with Crippen LogP contribution in [0.4, 0.5) is 5.69 Å². The Labute approximate surface area is 136 Å². The monoisotopic (exact) mass is 393 g/mol. The number of hydrogen-bond acceptors (Lipinski definition) is 2. The van der Waals surface area contributed by atoms with E-state index in [0.717, 1.165) is 5.56 Å². The lowest BCUT2D eigenvalue weighted by atomic mass is 10.2. The highest BCUT2D eigenvalue weighted by atomic mass is 79.9. The van der Waals surface area contributed by atoms with Gasteiger partial charge in [-0.1, -0.05) is 29.3 Å². The summed E-state index contributed by atoms with van der Waals surface area (Å²) in [7, 11) is -3.71. The first kappa shape index (κ1) is 15.6. The zero-order valence-electron chi connectivity index (χ0n) is 10.3. The summed E-state index contributed by atoms with van der Waals surface area (Å²) in [5.74, 6) is 0. The third-order valence-corrected chi connectivity index (χ3v) is 5.47. The lowest BCUT2D eigenvalue weighted by molar-refractivity contribution is 0.601. The van der Waals surface area contributed by atoms with E-state index in [1.807, 2.05) is 6.92 Å². The SMILES string of the molecule is Cc1ccc(Cl)c(NS(=O)(=O)c2ccc(Cl)c(Br)c2)c1. The van der Waals surface area contributed by atoms with Crippen molar-refractivity contribution in [2.45, 2.75) is 11.8 Å². The first-order valence-electron chi connectivity index (χ1n) is 5.53. The van der Waals surface area contributed by atoms with Gasteiger partial charge in [0.15, 0.2) is 0 Å². The van der Waals surface area contributed by atoms with Crippen molar-refractivity contribution in [1.29, 1.82) is 0 Å². The molecule has 2 aromatic carbocycles. The second-order valence-corrected chi connectivity index (χ2v) is 7.52. The smallest absolute Gasteiger partial charge is 0.261 e. The maximum atomic E-state index is 12.3. The maximum Gasteiger partial charge on any atom is 0.261 e. The average molecular weight is 395 g/mol. The minimum atomic E-state index is -3.71. The molecule has 2 rings (SSSR count). The summed E-state index contributed by atoms with van der Waals surface area (Å²) in [4.78, 5) is 0.103. The van der Waals surface area contributed by atoms with E-state index in [-0.39, 0.29) is 4.90 Å². The van der Waals surface area contributed by atoms with Crippen LogP contribution in [0.15, 0.2) is 45.8 Å². The van der Waals surface area contributed by atoms with Crippen LogP contribution in [-0.2, 0) is 10.0 Å². The number of aryl methyl sites for hydroxylation is 1. The summed E-state index contributed by atoms with van der Waals surface area (Å²) in [6.07, 6.45) is 0. The molecular formula is C13H10BrCl2NO2S. The molecule has 2 aromatic rings. The molecule has 0 saturated carbocycles. The summed E-state index contributed by atoms with van der Waals surface area (Å²) in [6, 6.07) is 9.50. The lowest BCUT2D eigenvalue weighted by Crippen LogP contribution is -2.13. The third kappa shape index (κ3) is 3.47. The zero-order chi connectivity index (χ0) is 14.9. The molecule has 106 valence electrons. The standard InChI is InChI=1S/C13H10BrCl2NO2S/c1-8-2-4-12(16)13(6-8)17-20(18,19)9-3-5-11(15)10(14)7-9/h2-7,17H,1H3. The van der Waals surface area contributed by atoms with Crippen LogP contribution >= 0.6 is 39.1 Å². The van der Waals surface area contributed by atoms with Gasteiger partial charge in [0.25, 0.3) is 10.0 Å². The highest BCUT2D eigenvalue weighted by Gasteiger charge is 2.17. The van der Waals surface area contributed by atoms with Gasteiger partial charge in [-0.25, -0.2) is 8.42 Å².